The van der Waals surface area contributed by atoms with Crippen molar-refractivity contribution < 1.29 is 4.79 Å². The molecule has 1 saturated carbocycles. The monoisotopic (exact) mass is 212 g/mol. The van der Waals surface area contributed by atoms with Crippen LogP contribution < -0.4 is 11.1 Å². The molecule has 1 fully saturated rings. The third kappa shape index (κ3) is 4.20. The zero-order chi connectivity index (χ0) is 11.1. The fourth-order valence-electron chi connectivity index (χ4n) is 2.26. The molecule has 0 saturated heterocycles. The summed E-state index contributed by atoms with van der Waals surface area (Å²) in [6.45, 7) is 2.75. The molecule has 0 radical (unpaired) electrons. The van der Waals surface area contributed by atoms with E-state index >= 15 is 0 Å². The fraction of sp³-hybridized carbons (Fsp3) is 0.917. The average Bonchev–Trinajstić information content (AvgIpc) is 2.29. The van der Waals surface area contributed by atoms with E-state index in [4.69, 9.17) is 5.73 Å². The van der Waals surface area contributed by atoms with Crippen LogP contribution in [0, 0.1) is 5.92 Å². The van der Waals surface area contributed by atoms with Crippen molar-refractivity contribution in [1.29, 1.82) is 0 Å². The fourth-order valence-corrected chi connectivity index (χ4v) is 2.26. The summed E-state index contributed by atoms with van der Waals surface area (Å²) < 4.78 is 0. The van der Waals surface area contributed by atoms with Gasteiger partial charge in [0.1, 0.15) is 0 Å². The molecule has 3 nitrogen and oxygen atoms in total. The predicted octanol–water partition coefficient (Wildman–Crippen LogP) is 1.81. The zero-order valence-corrected chi connectivity index (χ0v) is 9.80. The number of amides is 1. The molecule has 0 aliphatic heterocycles. The predicted molar refractivity (Wildman–Crippen MR) is 62.5 cm³/mol. The van der Waals surface area contributed by atoms with Crippen molar-refractivity contribution in [3.05, 3.63) is 0 Å². The summed E-state index contributed by atoms with van der Waals surface area (Å²) in [6, 6.07) is 0.282. The Kier molecular flexibility index (Phi) is 5.69. The van der Waals surface area contributed by atoms with E-state index in [1.165, 1.54) is 19.3 Å². The Hall–Kier alpha value is -0.570. The van der Waals surface area contributed by atoms with Gasteiger partial charge in [-0.05, 0) is 32.2 Å². The second kappa shape index (κ2) is 6.83. The lowest BCUT2D eigenvalue weighted by Crippen LogP contribution is -2.40. The highest BCUT2D eigenvalue weighted by molar-refractivity contribution is 5.78. The molecule has 0 aromatic carbocycles. The van der Waals surface area contributed by atoms with Crippen molar-refractivity contribution in [2.75, 3.05) is 6.54 Å². The van der Waals surface area contributed by atoms with Crippen LogP contribution in [-0.4, -0.2) is 18.5 Å². The number of rotatable bonds is 5. The Morgan fingerprint density at radius 3 is 2.60 bits per heavy atom. The van der Waals surface area contributed by atoms with E-state index in [2.05, 4.69) is 12.2 Å². The molecule has 1 amide bonds. The lowest BCUT2D eigenvalue weighted by atomic mass is 9.88. The molecule has 88 valence electrons. The summed E-state index contributed by atoms with van der Waals surface area (Å²) in [5.41, 5.74) is 5.51. The largest absolute Gasteiger partial charge is 0.353 e. The molecule has 0 aromatic heterocycles. The van der Waals surface area contributed by atoms with Crippen LogP contribution in [0.25, 0.3) is 0 Å². The molecule has 3 heteroatoms. The Balaban J connectivity index is 2.31. The first-order chi connectivity index (χ1) is 7.27. The molecule has 1 aliphatic rings. The maximum absolute atomic E-state index is 11.9. The second-order valence-electron chi connectivity index (χ2n) is 4.53. The van der Waals surface area contributed by atoms with Crippen LogP contribution in [0.15, 0.2) is 0 Å². The highest BCUT2D eigenvalue weighted by atomic mass is 16.1. The lowest BCUT2D eigenvalue weighted by molar-refractivity contribution is -0.126. The van der Waals surface area contributed by atoms with E-state index in [0.717, 1.165) is 25.7 Å². The first-order valence-electron chi connectivity index (χ1n) is 6.28. The third-order valence-corrected chi connectivity index (χ3v) is 3.33. The zero-order valence-electron chi connectivity index (χ0n) is 9.80. The van der Waals surface area contributed by atoms with Crippen LogP contribution in [-0.2, 0) is 4.79 Å². The van der Waals surface area contributed by atoms with Gasteiger partial charge in [0, 0.05) is 12.0 Å². The van der Waals surface area contributed by atoms with Gasteiger partial charge in [-0.15, -0.1) is 0 Å². The van der Waals surface area contributed by atoms with Crippen LogP contribution >= 0.6 is 0 Å². The van der Waals surface area contributed by atoms with Crippen molar-refractivity contribution in [2.24, 2.45) is 11.7 Å². The summed E-state index contributed by atoms with van der Waals surface area (Å²) >= 11 is 0. The van der Waals surface area contributed by atoms with Crippen LogP contribution in [0.5, 0.6) is 0 Å². The number of hydrogen-bond donors (Lipinski definition) is 2. The molecule has 15 heavy (non-hydrogen) atoms. The van der Waals surface area contributed by atoms with Gasteiger partial charge in [-0.2, -0.15) is 0 Å². The minimum absolute atomic E-state index is 0.259. The summed E-state index contributed by atoms with van der Waals surface area (Å²) in [5, 5.41) is 3.12. The molecule has 1 aliphatic carbocycles. The number of nitrogens with one attached hydrogen (secondary N) is 1. The highest BCUT2D eigenvalue weighted by Crippen LogP contribution is 2.23. The van der Waals surface area contributed by atoms with Crippen LogP contribution in [0.3, 0.4) is 0 Å². The van der Waals surface area contributed by atoms with Gasteiger partial charge in [-0.1, -0.05) is 26.2 Å². The van der Waals surface area contributed by atoms with E-state index in [1.807, 2.05) is 0 Å². The summed E-state index contributed by atoms with van der Waals surface area (Å²) in [5.74, 6) is 0.528. The van der Waals surface area contributed by atoms with Crippen molar-refractivity contribution >= 4 is 5.91 Å². The second-order valence-corrected chi connectivity index (χ2v) is 4.53. The number of carbonyl (C=O) groups excluding carboxylic acids is 1. The Morgan fingerprint density at radius 1 is 1.40 bits per heavy atom. The van der Waals surface area contributed by atoms with E-state index in [-0.39, 0.29) is 17.9 Å². The molecule has 3 N–H and O–H groups in total. The maximum atomic E-state index is 11.9. The molecular weight excluding hydrogens is 188 g/mol. The molecular formula is C12H24N2O. The van der Waals surface area contributed by atoms with Crippen molar-refractivity contribution in [3.8, 4) is 0 Å². The number of carbonyl (C=O) groups is 1. The standard InChI is InChI=1S/C12H24N2O/c1-2-11(8-9-13)14-12(15)10-6-4-3-5-7-10/h10-11H,2-9,13H2,1H3,(H,14,15). The average molecular weight is 212 g/mol. The number of nitrogens with two attached hydrogens (primary N) is 1. The molecule has 0 heterocycles. The first-order valence-corrected chi connectivity index (χ1v) is 6.28. The minimum Gasteiger partial charge on any atom is -0.353 e. The minimum atomic E-state index is 0.259. The van der Waals surface area contributed by atoms with Crippen LogP contribution in [0.2, 0.25) is 0 Å². The molecule has 1 rings (SSSR count). The summed E-state index contributed by atoms with van der Waals surface area (Å²) in [7, 11) is 0. The van der Waals surface area contributed by atoms with Crippen molar-refractivity contribution in [2.45, 2.75) is 57.9 Å². The number of hydrogen-bond acceptors (Lipinski definition) is 2. The van der Waals surface area contributed by atoms with Gasteiger partial charge in [0.25, 0.3) is 0 Å². The smallest absolute Gasteiger partial charge is 0.223 e. The lowest BCUT2D eigenvalue weighted by Gasteiger charge is -2.24. The summed E-state index contributed by atoms with van der Waals surface area (Å²) in [4.78, 5) is 11.9. The van der Waals surface area contributed by atoms with Crippen LogP contribution in [0.4, 0.5) is 0 Å². The normalized spacial score (nSPS) is 19.9. The highest BCUT2D eigenvalue weighted by Gasteiger charge is 2.22. The quantitative estimate of drug-likeness (QED) is 0.730. The van der Waals surface area contributed by atoms with E-state index in [0.29, 0.717) is 6.54 Å². The molecule has 1 atom stereocenters. The van der Waals surface area contributed by atoms with Gasteiger partial charge in [-0.3, -0.25) is 4.79 Å². The molecule has 0 bridgehead atoms. The van der Waals surface area contributed by atoms with Gasteiger partial charge < -0.3 is 11.1 Å². The van der Waals surface area contributed by atoms with E-state index in [9.17, 15) is 4.79 Å². The van der Waals surface area contributed by atoms with E-state index < -0.39 is 0 Å². The van der Waals surface area contributed by atoms with Gasteiger partial charge in [0.15, 0.2) is 0 Å². The van der Waals surface area contributed by atoms with Crippen molar-refractivity contribution in [1.82, 2.24) is 5.32 Å². The molecule has 0 aromatic rings. The maximum Gasteiger partial charge on any atom is 0.223 e. The summed E-state index contributed by atoms with van der Waals surface area (Å²) in [6.07, 6.45) is 7.75. The van der Waals surface area contributed by atoms with Crippen LogP contribution in [0.1, 0.15) is 51.9 Å². The Morgan fingerprint density at radius 2 is 2.07 bits per heavy atom. The van der Waals surface area contributed by atoms with Gasteiger partial charge in [-0.25, -0.2) is 0 Å². The molecule has 1 unspecified atom stereocenters. The first kappa shape index (κ1) is 12.5. The van der Waals surface area contributed by atoms with E-state index in [1.54, 1.807) is 0 Å². The topological polar surface area (TPSA) is 55.1 Å². The Labute approximate surface area is 92.8 Å². The SMILES string of the molecule is CCC(CCN)NC(=O)C1CCCCC1. The van der Waals surface area contributed by atoms with Gasteiger partial charge in [0.05, 0.1) is 0 Å². The van der Waals surface area contributed by atoms with Gasteiger partial charge in [0.2, 0.25) is 5.91 Å². The van der Waals surface area contributed by atoms with Gasteiger partial charge >= 0.3 is 0 Å². The third-order valence-electron chi connectivity index (χ3n) is 3.33. The van der Waals surface area contributed by atoms with Crippen molar-refractivity contribution in [3.63, 3.8) is 0 Å². The molecule has 0 spiro atoms. The Bertz CT molecular complexity index is 188.